The molecule has 0 aromatic rings. The van der Waals surface area contributed by atoms with Crippen LogP contribution < -0.4 is 0 Å². The fraction of sp³-hybridized carbons (Fsp3) is 1.00. The second kappa shape index (κ2) is 9.67. The van der Waals surface area contributed by atoms with Crippen molar-refractivity contribution < 1.29 is 52.5 Å². The highest BCUT2D eigenvalue weighted by molar-refractivity contribution is 4.97. The molecule has 0 saturated carbocycles. The van der Waals surface area contributed by atoms with E-state index in [1.165, 1.54) is 0 Å². The van der Waals surface area contributed by atoms with E-state index in [0.717, 1.165) is 13.2 Å². The van der Waals surface area contributed by atoms with E-state index in [-0.39, 0.29) is 74.3 Å². The predicted molar refractivity (Wildman–Crippen MR) is 103 cm³/mol. The Labute approximate surface area is 186 Å². The molecule has 11 nitrogen and oxygen atoms in total. The first kappa shape index (κ1) is 22.1. The van der Waals surface area contributed by atoms with Crippen molar-refractivity contribution in [3.05, 3.63) is 0 Å². The number of epoxide rings is 2. The highest BCUT2D eigenvalue weighted by atomic mass is 16.7. The van der Waals surface area contributed by atoms with Gasteiger partial charge in [-0.05, 0) is 0 Å². The number of hydrogen-bond donors (Lipinski definition) is 1. The summed E-state index contributed by atoms with van der Waals surface area (Å²) in [6, 6.07) is 0. The fourth-order valence-electron chi connectivity index (χ4n) is 4.74. The molecule has 11 heteroatoms. The summed E-state index contributed by atoms with van der Waals surface area (Å²) in [6.45, 7) is 4.74. The van der Waals surface area contributed by atoms with Gasteiger partial charge in [-0.2, -0.15) is 0 Å². The van der Waals surface area contributed by atoms with Gasteiger partial charge < -0.3 is 52.5 Å². The minimum absolute atomic E-state index is 0.0996. The third-order valence-electron chi connectivity index (χ3n) is 6.73. The van der Waals surface area contributed by atoms with Gasteiger partial charge in [0, 0.05) is 0 Å². The van der Waals surface area contributed by atoms with E-state index in [1.807, 2.05) is 0 Å². The standard InChI is InChI=1S/C21H32O11/c22-11(1-25-14-7-29-20-16(9-31-18(14)20)27-5-12-3-23-12)2-26-15-8-30-21-17(10-32-19(15)21)28-6-13-4-24-13/h11-22H,1-10H2. The number of fused-ring (bicyclic) bond motifs is 2. The molecule has 0 bridgehead atoms. The molecule has 0 aliphatic carbocycles. The van der Waals surface area contributed by atoms with Gasteiger partial charge in [-0.3, -0.25) is 0 Å². The smallest absolute Gasteiger partial charge is 0.115 e. The van der Waals surface area contributed by atoms with Crippen LogP contribution in [0.2, 0.25) is 0 Å². The Balaban J connectivity index is 0.890. The predicted octanol–water partition coefficient (Wildman–Crippen LogP) is -1.72. The molecule has 0 amide bonds. The number of ether oxygens (including phenoxy) is 10. The highest BCUT2D eigenvalue weighted by Gasteiger charge is 2.50. The molecule has 0 spiro atoms. The van der Waals surface area contributed by atoms with Crippen LogP contribution in [0.5, 0.6) is 0 Å². The Bertz CT molecular complexity index is 577. The summed E-state index contributed by atoms with van der Waals surface area (Å²) < 4.78 is 57.2. The summed E-state index contributed by atoms with van der Waals surface area (Å²) in [4.78, 5) is 0. The maximum Gasteiger partial charge on any atom is 0.115 e. The van der Waals surface area contributed by atoms with Crippen LogP contribution in [-0.2, 0) is 47.4 Å². The number of aliphatic hydroxyl groups excluding tert-OH is 1. The summed E-state index contributed by atoms with van der Waals surface area (Å²) in [5.74, 6) is 0. The molecule has 1 N–H and O–H groups in total. The molecule has 6 aliphatic heterocycles. The lowest BCUT2D eigenvalue weighted by Crippen LogP contribution is -2.38. The average molecular weight is 460 g/mol. The van der Waals surface area contributed by atoms with E-state index in [0.29, 0.717) is 39.6 Å². The van der Waals surface area contributed by atoms with Crippen LogP contribution in [0.15, 0.2) is 0 Å². The normalized spacial score (nSPS) is 47.5. The lowest BCUT2D eigenvalue weighted by molar-refractivity contribution is -0.101. The molecule has 10 atom stereocenters. The van der Waals surface area contributed by atoms with Crippen molar-refractivity contribution in [3.8, 4) is 0 Å². The minimum Gasteiger partial charge on any atom is -0.388 e. The summed E-state index contributed by atoms with van der Waals surface area (Å²) in [5, 5.41) is 10.4. The zero-order valence-corrected chi connectivity index (χ0v) is 18.0. The van der Waals surface area contributed by atoms with Gasteiger partial charge in [-0.1, -0.05) is 0 Å². The summed E-state index contributed by atoms with van der Waals surface area (Å²) in [6.07, 6.45) is -1.64. The third-order valence-corrected chi connectivity index (χ3v) is 6.73. The van der Waals surface area contributed by atoms with E-state index in [2.05, 4.69) is 0 Å². The zero-order chi connectivity index (χ0) is 21.5. The Hall–Kier alpha value is -0.440. The van der Waals surface area contributed by atoms with Gasteiger partial charge in [0.15, 0.2) is 0 Å². The lowest BCUT2D eigenvalue weighted by atomic mass is 10.1. The maximum absolute atomic E-state index is 10.4. The van der Waals surface area contributed by atoms with Crippen molar-refractivity contribution in [1.82, 2.24) is 0 Å². The molecule has 6 aliphatic rings. The second-order valence-corrected chi connectivity index (χ2v) is 9.24. The van der Waals surface area contributed by atoms with Crippen molar-refractivity contribution >= 4 is 0 Å². The SMILES string of the molecule is OC(COC1COC2C(OCC3CO3)COC12)COC1COC2C(OCC3CO3)COC12. The van der Waals surface area contributed by atoms with E-state index in [9.17, 15) is 5.11 Å². The summed E-state index contributed by atoms with van der Waals surface area (Å²) in [7, 11) is 0. The van der Waals surface area contributed by atoms with Crippen LogP contribution in [-0.4, -0.2) is 138 Å². The molecule has 0 radical (unpaired) electrons. The number of aliphatic hydroxyl groups is 1. The number of rotatable bonds is 12. The van der Waals surface area contributed by atoms with Crippen LogP contribution >= 0.6 is 0 Å². The Kier molecular flexibility index (Phi) is 6.66. The molecule has 10 unspecified atom stereocenters. The maximum atomic E-state index is 10.4. The fourth-order valence-corrected chi connectivity index (χ4v) is 4.74. The number of hydrogen-bond acceptors (Lipinski definition) is 11. The monoisotopic (exact) mass is 460 g/mol. The van der Waals surface area contributed by atoms with Crippen molar-refractivity contribution in [1.29, 1.82) is 0 Å². The quantitative estimate of drug-likeness (QED) is 0.335. The molecule has 182 valence electrons. The third kappa shape index (κ3) is 4.98. The van der Waals surface area contributed by atoms with E-state index < -0.39 is 6.10 Å². The Morgan fingerprint density at radius 1 is 0.531 bits per heavy atom. The van der Waals surface area contributed by atoms with E-state index in [4.69, 9.17) is 47.4 Å². The first-order valence-corrected chi connectivity index (χ1v) is 11.6. The van der Waals surface area contributed by atoms with E-state index in [1.54, 1.807) is 0 Å². The highest BCUT2D eigenvalue weighted by Crippen LogP contribution is 2.32. The van der Waals surface area contributed by atoms with Gasteiger partial charge in [-0.25, -0.2) is 0 Å². The first-order valence-electron chi connectivity index (χ1n) is 11.6. The largest absolute Gasteiger partial charge is 0.388 e. The summed E-state index contributed by atoms with van der Waals surface area (Å²) >= 11 is 0. The van der Waals surface area contributed by atoms with Crippen LogP contribution in [0.4, 0.5) is 0 Å². The van der Waals surface area contributed by atoms with Gasteiger partial charge in [0.05, 0.1) is 66.1 Å². The minimum atomic E-state index is -0.769. The van der Waals surface area contributed by atoms with Crippen molar-refractivity contribution in [2.45, 2.75) is 67.1 Å². The lowest BCUT2D eigenvalue weighted by Gasteiger charge is -2.21. The van der Waals surface area contributed by atoms with Crippen LogP contribution in [0, 0.1) is 0 Å². The molecular formula is C21H32O11. The van der Waals surface area contributed by atoms with Gasteiger partial charge in [-0.15, -0.1) is 0 Å². The van der Waals surface area contributed by atoms with Crippen LogP contribution in [0.3, 0.4) is 0 Å². The zero-order valence-electron chi connectivity index (χ0n) is 18.0. The van der Waals surface area contributed by atoms with Gasteiger partial charge >= 0.3 is 0 Å². The molecule has 32 heavy (non-hydrogen) atoms. The molecular weight excluding hydrogens is 428 g/mol. The van der Waals surface area contributed by atoms with Gasteiger partial charge in [0.2, 0.25) is 0 Å². The molecule has 6 saturated heterocycles. The van der Waals surface area contributed by atoms with Gasteiger partial charge in [0.1, 0.15) is 67.1 Å². The van der Waals surface area contributed by atoms with Crippen LogP contribution in [0.1, 0.15) is 0 Å². The van der Waals surface area contributed by atoms with Crippen molar-refractivity contribution in [2.24, 2.45) is 0 Å². The molecule has 6 rings (SSSR count). The molecule has 0 aromatic carbocycles. The van der Waals surface area contributed by atoms with Gasteiger partial charge in [0.25, 0.3) is 0 Å². The molecule has 6 fully saturated rings. The van der Waals surface area contributed by atoms with E-state index >= 15 is 0 Å². The van der Waals surface area contributed by atoms with Crippen molar-refractivity contribution in [2.75, 3.05) is 66.1 Å². The molecule has 6 heterocycles. The Morgan fingerprint density at radius 3 is 1.22 bits per heavy atom. The topological polar surface area (TPSA) is 119 Å². The first-order chi connectivity index (χ1) is 15.7. The Morgan fingerprint density at radius 2 is 0.875 bits per heavy atom. The molecule has 0 aromatic heterocycles. The van der Waals surface area contributed by atoms with Crippen molar-refractivity contribution in [3.63, 3.8) is 0 Å². The summed E-state index contributed by atoms with van der Waals surface area (Å²) in [5.41, 5.74) is 0. The second-order valence-electron chi connectivity index (χ2n) is 9.24. The van der Waals surface area contributed by atoms with Crippen LogP contribution in [0.25, 0.3) is 0 Å². The average Bonchev–Trinajstić information content (AvgIpc) is 3.62.